The Morgan fingerprint density at radius 1 is 1.08 bits per heavy atom. The molecule has 1 aromatic rings. The van der Waals surface area contributed by atoms with Gasteiger partial charge >= 0.3 is 0 Å². The molecule has 13 heavy (non-hydrogen) atoms. The first kappa shape index (κ1) is 10.3. The fourth-order valence-corrected chi connectivity index (χ4v) is 1.37. The van der Waals surface area contributed by atoms with Crippen molar-refractivity contribution in [3.05, 3.63) is 29.3 Å². The van der Waals surface area contributed by atoms with Crippen molar-refractivity contribution in [3.63, 3.8) is 0 Å². The van der Waals surface area contributed by atoms with Gasteiger partial charge in [0.1, 0.15) is 6.26 Å². The van der Waals surface area contributed by atoms with Gasteiger partial charge < -0.3 is 4.55 Å². The molecule has 0 radical (unpaired) electrons. The van der Waals surface area contributed by atoms with Gasteiger partial charge in [-0.2, -0.15) is 4.39 Å². The number of halogens is 4. The largest absolute Gasteiger partial charge is 0.612 e. The molecule has 1 rings (SSSR count). The van der Waals surface area contributed by atoms with E-state index in [1.807, 2.05) is 0 Å². The predicted octanol–water partition coefficient (Wildman–Crippen LogP) is 1.98. The van der Waals surface area contributed by atoms with Crippen molar-refractivity contribution in [1.29, 1.82) is 0 Å². The SMILES string of the molecule is C[S+]([O-])c1cc(F)c(F)c(F)c1F. The van der Waals surface area contributed by atoms with Gasteiger partial charge in [-0.1, -0.05) is 0 Å². The Kier molecular flexibility index (Phi) is 2.82. The normalized spacial score (nSPS) is 13.1. The molecule has 0 spiro atoms. The van der Waals surface area contributed by atoms with Crippen molar-refractivity contribution in [2.75, 3.05) is 6.26 Å². The first-order valence-corrected chi connectivity index (χ1v) is 4.67. The summed E-state index contributed by atoms with van der Waals surface area (Å²) in [4.78, 5) is -0.684. The Labute approximate surface area is 74.6 Å². The van der Waals surface area contributed by atoms with Crippen LogP contribution in [0.25, 0.3) is 0 Å². The van der Waals surface area contributed by atoms with E-state index in [-0.39, 0.29) is 0 Å². The molecule has 72 valence electrons. The van der Waals surface area contributed by atoms with Gasteiger partial charge in [0.25, 0.3) is 0 Å². The topological polar surface area (TPSA) is 23.1 Å². The molecule has 0 bridgehead atoms. The zero-order valence-electron chi connectivity index (χ0n) is 6.41. The lowest BCUT2D eigenvalue weighted by molar-refractivity contribution is 0.396. The van der Waals surface area contributed by atoms with Crippen LogP contribution >= 0.6 is 0 Å². The first-order valence-electron chi connectivity index (χ1n) is 3.11. The Bertz CT molecular complexity index is 340. The average molecular weight is 212 g/mol. The van der Waals surface area contributed by atoms with Crippen molar-refractivity contribution in [2.24, 2.45) is 0 Å². The summed E-state index contributed by atoms with van der Waals surface area (Å²) in [7, 11) is 0. The molecule has 1 aromatic carbocycles. The summed E-state index contributed by atoms with van der Waals surface area (Å²) in [5, 5.41) is 0. The van der Waals surface area contributed by atoms with Crippen LogP contribution < -0.4 is 0 Å². The quantitative estimate of drug-likeness (QED) is 0.302. The highest BCUT2D eigenvalue weighted by Gasteiger charge is 2.23. The van der Waals surface area contributed by atoms with Crippen molar-refractivity contribution in [1.82, 2.24) is 0 Å². The maximum absolute atomic E-state index is 12.7. The summed E-state index contributed by atoms with van der Waals surface area (Å²) in [6.07, 6.45) is 1.04. The highest BCUT2D eigenvalue weighted by molar-refractivity contribution is 7.90. The zero-order valence-corrected chi connectivity index (χ0v) is 7.22. The second kappa shape index (κ2) is 3.55. The Balaban J connectivity index is 3.41. The highest BCUT2D eigenvalue weighted by Crippen LogP contribution is 2.21. The van der Waals surface area contributed by atoms with Gasteiger partial charge in [0.15, 0.2) is 16.5 Å². The van der Waals surface area contributed by atoms with Crippen molar-refractivity contribution in [3.8, 4) is 0 Å². The van der Waals surface area contributed by atoms with Gasteiger partial charge in [0.05, 0.1) is 0 Å². The van der Waals surface area contributed by atoms with E-state index in [1.54, 1.807) is 0 Å². The molecule has 1 atom stereocenters. The first-order chi connectivity index (χ1) is 5.95. The second-order valence-corrected chi connectivity index (χ2v) is 3.60. The molecular weight excluding hydrogens is 208 g/mol. The molecule has 0 heterocycles. The van der Waals surface area contributed by atoms with E-state index in [1.165, 1.54) is 0 Å². The van der Waals surface area contributed by atoms with E-state index in [2.05, 4.69) is 0 Å². The molecule has 0 saturated carbocycles. The lowest BCUT2D eigenvalue weighted by Gasteiger charge is -2.06. The van der Waals surface area contributed by atoms with Crippen molar-refractivity contribution >= 4 is 11.2 Å². The molecule has 1 nitrogen and oxygen atoms in total. The van der Waals surface area contributed by atoms with Crippen molar-refractivity contribution in [2.45, 2.75) is 4.90 Å². The molecule has 0 saturated heterocycles. The van der Waals surface area contributed by atoms with Crippen LogP contribution in [-0.2, 0) is 11.2 Å². The Morgan fingerprint density at radius 3 is 2.08 bits per heavy atom. The number of rotatable bonds is 1. The molecule has 1 unspecified atom stereocenters. The molecular formula is C7H4F4OS. The fraction of sp³-hybridized carbons (Fsp3) is 0.143. The van der Waals surface area contributed by atoms with Gasteiger partial charge in [0.2, 0.25) is 11.6 Å². The summed E-state index contributed by atoms with van der Waals surface area (Å²) >= 11 is -1.89. The summed E-state index contributed by atoms with van der Waals surface area (Å²) in [6.45, 7) is 0. The van der Waals surface area contributed by atoms with Crippen LogP contribution in [0.2, 0.25) is 0 Å². The Morgan fingerprint density at radius 2 is 1.62 bits per heavy atom. The third-order valence-corrected chi connectivity index (χ3v) is 2.30. The fourth-order valence-electron chi connectivity index (χ4n) is 0.760. The lowest BCUT2D eigenvalue weighted by atomic mass is 10.3. The van der Waals surface area contributed by atoms with Crippen molar-refractivity contribution < 1.29 is 22.1 Å². The smallest absolute Gasteiger partial charge is 0.216 e. The minimum atomic E-state index is -1.94. The van der Waals surface area contributed by atoms with E-state index in [9.17, 15) is 22.1 Å². The monoisotopic (exact) mass is 212 g/mol. The van der Waals surface area contributed by atoms with E-state index in [0.29, 0.717) is 6.07 Å². The second-order valence-electron chi connectivity index (χ2n) is 2.25. The predicted molar refractivity (Wildman–Crippen MR) is 38.6 cm³/mol. The minimum absolute atomic E-state index is 0.379. The zero-order chi connectivity index (χ0) is 10.2. The van der Waals surface area contributed by atoms with Crippen LogP contribution in [0.5, 0.6) is 0 Å². The van der Waals surface area contributed by atoms with Crippen LogP contribution in [0.3, 0.4) is 0 Å². The van der Waals surface area contributed by atoms with Gasteiger partial charge in [-0.15, -0.1) is 0 Å². The van der Waals surface area contributed by atoms with Crippen LogP contribution in [0, 0.1) is 23.3 Å². The van der Waals surface area contributed by atoms with E-state index in [0.717, 1.165) is 6.26 Å². The lowest BCUT2D eigenvalue weighted by Crippen LogP contribution is -2.06. The molecule has 0 amide bonds. The highest BCUT2D eigenvalue weighted by atomic mass is 32.2. The third-order valence-electron chi connectivity index (χ3n) is 1.38. The molecule has 0 aliphatic rings. The van der Waals surface area contributed by atoms with Gasteiger partial charge in [0, 0.05) is 6.07 Å². The minimum Gasteiger partial charge on any atom is -0.612 e. The molecule has 0 aromatic heterocycles. The number of benzene rings is 1. The van der Waals surface area contributed by atoms with Crippen LogP contribution in [0.1, 0.15) is 0 Å². The summed E-state index contributed by atoms with van der Waals surface area (Å²) in [6, 6.07) is 0.379. The maximum Gasteiger partial charge on any atom is 0.216 e. The average Bonchev–Trinajstić information content (AvgIpc) is 2.07. The molecule has 0 N–H and O–H groups in total. The van der Waals surface area contributed by atoms with Gasteiger partial charge in [-0.25, -0.2) is 13.2 Å². The maximum atomic E-state index is 12.7. The van der Waals surface area contributed by atoms with Crippen LogP contribution in [-0.4, -0.2) is 10.8 Å². The molecule has 0 aliphatic carbocycles. The van der Waals surface area contributed by atoms with E-state index in [4.69, 9.17) is 0 Å². The molecule has 0 fully saturated rings. The van der Waals surface area contributed by atoms with Gasteiger partial charge in [-0.05, 0) is 11.2 Å². The standard InChI is InChI=1S/C7H4F4OS/c1-13(12)4-2-3(8)5(9)7(11)6(4)10/h2H,1H3. The van der Waals surface area contributed by atoms with Crippen LogP contribution in [0.15, 0.2) is 11.0 Å². The van der Waals surface area contributed by atoms with Gasteiger partial charge in [-0.3, -0.25) is 0 Å². The summed E-state index contributed by atoms with van der Waals surface area (Å²) < 4.78 is 60.7. The van der Waals surface area contributed by atoms with E-state index >= 15 is 0 Å². The third kappa shape index (κ3) is 1.78. The summed E-state index contributed by atoms with van der Waals surface area (Å²) in [5.74, 6) is -7.00. The molecule has 6 heteroatoms. The number of hydrogen-bond acceptors (Lipinski definition) is 1. The van der Waals surface area contributed by atoms with E-state index < -0.39 is 39.3 Å². The molecule has 0 aliphatic heterocycles. The van der Waals surface area contributed by atoms with Crippen LogP contribution in [0.4, 0.5) is 17.6 Å². The summed E-state index contributed by atoms with van der Waals surface area (Å²) in [5.41, 5.74) is 0. The Hall–Kier alpha value is -0.750. The number of hydrogen-bond donors (Lipinski definition) is 0.